The zero-order chi connectivity index (χ0) is 45.8. The van der Waals surface area contributed by atoms with E-state index in [1.807, 2.05) is 0 Å². The van der Waals surface area contributed by atoms with Crippen LogP contribution in [-0.4, -0.2) is 109 Å². The molecule has 3 aromatic heterocycles. The Kier molecular flexibility index (Phi) is 17.2. The summed E-state index contributed by atoms with van der Waals surface area (Å²) in [6.45, 7) is -0.708. The number of hydrogen-bond acceptors (Lipinski definition) is 12. The van der Waals surface area contributed by atoms with Crippen molar-refractivity contribution < 1.29 is 103 Å². The smallest absolute Gasteiger partial charge is 0.455 e. The summed E-state index contributed by atoms with van der Waals surface area (Å²) < 4.78 is 221. The molecule has 0 aliphatic carbocycles. The topological polar surface area (TPSA) is 170 Å². The number of ether oxygens (including phenoxy) is 1. The third-order valence-corrected chi connectivity index (χ3v) is 5.86. The molecule has 0 aromatic carbocycles. The quantitative estimate of drug-likeness (QED) is 0.116. The normalized spacial score (nSPS) is 13.9. The van der Waals surface area contributed by atoms with E-state index in [1.54, 1.807) is 0 Å². The van der Waals surface area contributed by atoms with E-state index in [1.165, 1.54) is 25.7 Å². The Morgan fingerprint density at radius 2 is 1.12 bits per heavy atom. The maximum Gasteiger partial charge on any atom is 0.455 e. The molecule has 0 unspecified atom stereocenters. The van der Waals surface area contributed by atoms with Crippen molar-refractivity contribution in [2.24, 2.45) is 4.99 Å². The van der Waals surface area contributed by atoms with Crippen molar-refractivity contribution in [2.45, 2.75) is 43.5 Å². The van der Waals surface area contributed by atoms with Gasteiger partial charge in [-0.15, -0.1) is 0 Å². The highest BCUT2D eigenvalue weighted by Crippen LogP contribution is 2.41. The van der Waals surface area contributed by atoms with Crippen molar-refractivity contribution in [2.75, 3.05) is 13.7 Å². The Morgan fingerprint density at radius 1 is 0.644 bits per heavy atom. The number of aliphatic hydroxyl groups excluding tert-OH is 1. The number of carbonyl (C=O) groups is 3. The van der Waals surface area contributed by atoms with Crippen molar-refractivity contribution in [3.8, 4) is 0 Å². The van der Waals surface area contributed by atoms with Gasteiger partial charge < -0.3 is 9.84 Å². The predicted octanol–water partition coefficient (Wildman–Crippen LogP) is 7.58. The van der Waals surface area contributed by atoms with E-state index in [2.05, 4.69) is 39.6 Å². The van der Waals surface area contributed by atoms with Crippen LogP contribution in [0.1, 0.15) is 28.3 Å². The number of Topliss-reactive ketones (excluding diaryl/α,β-unsaturated/α-hetero) is 2. The summed E-state index contributed by atoms with van der Waals surface area (Å²) in [6.07, 6.45) is -28.2. The summed E-state index contributed by atoms with van der Waals surface area (Å²) in [4.78, 5) is 54.8. The molecule has 1 aliphatic rings. The van der Waals surface area contributed by atoms with Crippen molar-refractivity contribution in [1.82, 2.24) is 29.9 Å². The lowest BCUT2D eigenvalue weighted by Gasteiger charge is -2.15. The van der Waals surface area contributed by atoms with Gasteiger partial charge in [0, 0.05) is 24.2 Å². The average molecular weight is 885 g/mol. The van der Waals surface area contributed by atoms with Gasteiger partial charge in [0.05, 0.1) is 24.9 Å². The SMILES string of the molecule is COC(=O)c1ccncn1.FC(F)(F)C1=NCC(c2ccncn2)=C1C(F)(F)F.O=C(C(=C(O)c1ccncn1)C(F)(F)F)C(F)(F)F.O=C(CC(F)(F)F)C(F)(F)F. The molecule has 59 heavy (non-hydrogen) atoms. The zero-order valence-electron chi connectivity index (χ0n) is 28.1. The average Bonchev–Trinajstić information content (AvgIpc) is 3.59. The highest BCUT2D eigenvalue weighted by Gasteiger charge is 2.53. The molecule has 0 saturated heterocycles. The lowest BCUT2D eigenvalue weighted by molar-refractivity contribution is -0.190. The molecule has 0 fully saturated rings. The number of methoxy groups -OCH3 is 1. The summed E-state index contributed by atoms with van der Waals surface area (Å²) in [5.74, 6) is -8.32. The lowest BCUT2D eigenvalue weighted by Crippen LogP contribution is -2.32. The first-order valence-electron chi connectivity index (χ1n) is 14.3. The maximum absolute atomic E-state index is 12.8. The molecule has 0 radical (unpaired) electrons. The summed E-state index contributed by atoms with van der Waals surface area (Å²) in [7, 11) is 1.31. The number of nitrogens with zero attached hydrogens (tertiary/aromatic N) is 7. The number of ketones is 2. The standard InChI is InChI=1S/C10H5F6N3.C9H4F6N2O2.C6H6N2O2.C4H2F6O/c11-9(12,13)7-5(6-1-2-17-4-19-6)3-18-8(7)10(14,15)16;10-8(11,12)5(7(19)9(13,14)15)6(18)4-1-2-16-3-17-4;1-10-6(9)5-2-3-7-4-8-5;5-3(6,7)1-2(11)4(8,9)10/h1-2,4H,3H2;1-3,18H;2-4H,1H3;1H2. The van der Waals surface area contributed by atoms with Gasteiger partial charge in [-0.05, 0) is 18.2 Å². The molecule has 324 valence electrons. The van der Waals surface area contributed by atoms with Gasteiger partial charge in [-0.2, -0.15) is 79.0 Å². The maximum atomic E-state index is 12.8. The molecule has 0 saturated carbocycles. The van der Waals surface area contributed by atoms with E-state index >= 15 is 0 Å². The van der Waals surface area contributed by atoms with Gasteiger partial charge in [-0.25, -0.2) is 34.7 Å². The van der Waals surface area contributed by atoms with Crippen LogP contribution in [-0.2, 0) is 14.3 Å². The molecule has 3 aromatic rings. The first-order chi connectivity index (χ1) is 26.7. The van der Waals surface area contributed by atoms with E-state index in [0.29, 0.717) is 6.33 Å². The number of allylic oxidation sites excluding steroid dienone is 2. The molecular weight excluding hydrogens is 868 g/mol. The first-order valence-corrected chi connectivity index (χ1v) is 14.3. The Labute approximate surface area is 314 Å². The summed E-state index contributed by atoms with van der Waals surface area (Å²) >= 11 is 0. The summed E-state index contributed by atoms with van der Waals surface area (Å²) in [5.41, 5.74) is -7.80. The van der Waals surface area contributed by atoms with Crippen LogP contribution >= 0.6 is 0 Å². The molecule has 12 nitrogen and oxygen atoms in total. The fourth-order valence-corrected chi connectivity index (χ4v) is 3.54. The summed E-state index contributed by atoms with van der Waals surface area (Å²) in [5, 5.41) is 9.20. The van der Waals surface area contributed by atoms with Crippen molar-refractivity contribution in [1.29, 1.82) is 0 Å². The molecule has 0 amide bonds. The van der Waals surface area contributed by atoms with Gasteiger partial charge in [0.25, 0.3) is 5.78 Å². The molecule has 4 rings (SSSR count). The van der Waals surface area contributed by atoms with Crippen molar-refractivity contribution in [3.05, 3.63) is 84.0 Å². The van der Waals surface area contributed by atoms with Crippen LogP contribution in [0.2, 0.25) is 0 Å². The van der Waals surface area contributed by atoms with Crippen LogP contribution in [0.15, 0.2) is 71.9 Å². The van der Waals surface area contributed by atoms with Gasteiger partial charge in [-0.3, -0.25) is 14.6 Å². The molecule has 0 bridgehead atoms. The first kappa shape index (κ1) is 50.8. The minimum atomic E-state index is -5.77. The molecule has 1 N–H and O–H groups in total. The van der Waals surface area contributed by atoms with Crippen LogP contribution in [0.5, 0.6) is 0 Å². The largest absolute Gasteiger partial charge is 0.505 e. The van der Waals surface area contributed by atoms with E-state index in [4.69, 9.17) is 0 Å². The second-order valence-corrected chi connectivity index (χ2v) is 10.1. The molecule has 30 heteroatoms. The minimum Gasteiger partial charge on any atom is -0.505 e. The van der Waals surface area contributed by atoms with Crippen molar-refractivity contribution in [3.63, 3.8) is 0 Å². The monoisotopic (exact) mass is 885 g/mol. The Balaban J connectivity index is 0.000000409. The fourth-order valence-electron chi connectivity index (χ4n) is 3.54. The van der Waals surface area contributed by atoms with Crippen LogP contribution in [0.4, 0.5) is 79.0 Å². The van der Waals surface area contributed by atoms with Gasteiger partial charge in [0.15, 0.2) is 22.7 Å². The van der Waals surface area contributed by atoms with Crippen LogP contribution in [0.3, 0.4) is 0 Å². The molecule has 0 spiro atoms. The molecule has 0 atom stereocenters. The van der Waals surface area contributed by atoms with Crippen LogP contribution < -0.4 is 0 Å². The van der Waals surface area contributed by atoms with Crippen LogP contribution in [0, 0.1) is 0 Å². The Bertz CT molecular complexity index is 1920. The number of halogens is 18. The van der Waals surface area contributed by atoms with Gasteiger partial charge in [0.1, 0.15) is 31.1 Å². The number of hydrogen-bond donors (Lipinski definition) is 1. The number of aliphatic hydroxyl groups is 1. The number of aliphatic imine (C=N–C) groups is 1. The van der Waals surface area contributed by atoms with Crippen molar-refractivity contribution >= 4 is 34.6 Å². The van der Waals surface area contributed by atoms with Gasteiger partial charge in [0.2, 0.25) is 5.78 Å². The second kappa shape index (κ2) is 19.9. The zero-order valence-corrected chi connectivity index (χ0v) is 28.1. The number of aromatic nitrogens is 6. The predicted molar refractivity (Wildman–Crippen MR) is 157 cm³/mol. The summed E-state index contributed by atoms with van der Waals surface area (Å²) in [6, 6.07) is 3.33. The number of esters is 1. The van der Waals surface area contributed by atoms with E-state index < -0.39 is 101 Å². The van der Waals surface area contributed by atoms with Gasteiger partial charge in [-0.1, -0.05) is 0 Å². The van der Waals surface area contributed by atoms with Crippen LogP contribution in [0.25, 0.3) is 11.3 Å². The minimum absolute atomic E-state index is 0.217. The molecule has 1 aliphatic heterocycles. The Hall–Kier alpha value is -6.26. The van der Waals surface area contributed by atoms with E-state index in [-0.39, 0.29) is 11.4 Å². The van der Waals surface area contributed by atoms with Gasteiger partial charge >= 0.3 is 43.0 Å². The highest BCUT2D eigenvalue weighted by molar-refractivity contribution is 6.13. The lowest BCUT2D eigenvalue weighted by atomic mass is 10.0. The van der Waals surface area contributed by atoms with E-state index in [0.717, 1.165) is 30.9 Å². The third-order valence-electron chi connectivity index (χ3n) is 5.86. The molecular formula is C29H17F18N7O5. The Morgan fingerprint density at radius 3 is 1.44 bits per heavy atom. The molecule has 4 heterocycles. The fraction of sp³-hybridized carbons (Fsp3) is 0.310. The highest BCUT2D eigenvalue weighted by atomic mass is 19.4. The van der Waals surface area contributed by atoms with E-state index in [9.17, 15) is 98.5 Å². The third kappa shape index (κ3) is 16.6. The second-order valence-electron chi connectivity index (χ2n) is 10.1. The number of alkyl halides is 18. The number of carbonyl (C=O) groups excluding carboxylic acids is 3. The number of rotatable bonds is 5.